The molecule has 0 aliphatic heterocycles. The van der Waals surface area contributed by atoms with Crippen molar-refractivity contribution < 1.29 is 12.9 Å². The lowest BCUT2D eigenvalue weighted by atomic mass is 10.2. The molecule has 9 nitrogen and oxygen atoms in total. The summed E-state index contributed by atoms with van der Waals surface area (Å²) in [6, 6.07) is 0. The van der Waals surface area contributed by atoms with Gasteiger partial charge < -0.3 is 4.52 Å². The van der Waals surface area contributed by atoms with E-state index in [1.807, 2.05) is 6.20 Å². The normalized spacial score (nSPS) is 12.1. The summed E-state index contributed by atoms with van der Waals surface area (Å²) in [6.07, 6.45) is 6.28. The molecule has 3 aromatic heterocycles. The van der Waals surface area contributed by atoms with E-state index in [2.05, 4.69) is 24.9 Å². The Morgan fingerprint density at radius 2 is 2.13 bits per heavy atom. The highest BCUT2D eigenvalue weighted by atomic mass is 32.2. The number of rotatable bonds is 6. The zero-order valence-corrected chi connectivity index (χ0v) is 13.5. The molecule has 0 fully saturated rings. The average Bonchev–Trinajstić information content (AvgIpc) is 3.09. The van der Waals surface area contributed by atoms with E-state index in [4.69, 9.17) is 4.52 Å². The van der Waals surface area contributed by atoms with Gasteiger partial charge in [-0.15, -0.1) is 0 Å². The Hall–Kier alpha value is -2.33. The van der Waals surface area contributed by atoms with Crippen LogP contribution in [0.5, 0.6) is 0 Å². The Morgan fingerprint density at radius 1 is 1.30 bits per heavy atom. The lowest BCUT2D eigenvalue weighted by molar-refractivity contribution is 0.390. The van der Waals surface area contributed by atoms with Gasteiger partial charge in [-0.1, -0.05) is 5.16 Å². The third-order valence-electron chi connectivity index (χ3n) is 3.36. The van der Waals surface area contributed by atoms with Gasteiger partial charge in [0.05, 0.1) is 0 Å². The van der Waals surface area contributed by atoms with Gasteiger partial charge in [-0.05, 0) is 32.3 Å². The third-order valence-corrected chi connectivity index (χ3v) is 5.06. The number of aromatic nitrogens is 5. The molecule has 3 rings (SSSR count). The van der Waals surface area contributed by atoms with Gasteiger partial charge in [-0.2, -0.15) is 10.1 Å². The van der Waals surface area contributed by atoms with Crippen LogP contribution in [-0.4, -0.2) is 39.7 Å². The molecule has 1 N–H and O–H groups in total. The number of hydrogen-bond acceptors (Lipinski definition) is 7. The predicted octanol–water partition coefficient (Wildman–Crippen LogP) is 0.640. The van der Waals surface area contributed by atoms with Crippen molar-refractivity contribution in [3.05, 3.63) is 35.7 Å². The Morgan fingerprint density at radius 3 is 2.87 bits per heavy atom. The summed E-state index contributed by atoms with van der Waals surface area (Å²) >= 11 is 0. The van der Waals surface area contributed by atoms with Crippen LogP contribution in [0.15, 0.2) is 28.1 Å². The number of nitrogens with one attached hydrogen (secondary N) is 1. The highest BCUT2D eigenvalue weighted by Crippen LogP contribution is 2.18. The first kappa shape index (κ1) is 15.6. The molecular weight excluding hydrogens is 320 g/mol. The maximum atomic E-state index is 12.2. The van der Waals surface area contributed by atoms with Gasteiger partial charge in [0.2, 0.25) is 10.0 Å². The van der Waals surface area contributed by atoms with E-state index in [1.54, 1.807) is 24.6 Å². The second kappa shape index (κ2) is 6.05. The van der Waals surface area contributed by atoms with Gasteiger partial charge in [0.25, 0.3) is 5.78 Å². The Labute approximate surface area is 132 Å². The zero-order valence-electron chi connectivity index (χ0n) is 12.7. The molecule has 0 saturated carbocycles. The molecule has 0 saturated heterocycles. The second-order valence-corrected chi connectivity index (χ2v) is 6.83. The summed E-state index contributed by atoms with van der Waals surface area (Å²) in [5.74, 6) is 0.823. The second-order valence-electron chi connectivity index (χ2n) is 5.12. The van der Waals surface area contributed by atoms with Crippen LogP contribution in [0.4, 0.5) is 0 Å². The van der Waals surface area contributed by atoms with Crippen molar-refractivity contribution in [3.63, 3.8) is 0 Å². The third kappa shape index (κ3) is 3.22. The van der Waals surface area contributed by atoms with E-state index in [0.29, 0.717) is 30.9 Å². The monoisotopic (exact) mass is 336 g/mol. The van der Waals surface area contributed by atoms with Gasteiger partial charge in [0, 0.05) is 18.9 Å². The molecule has 0 aliphatic carbocycles. The van der Waals surface area contributed by atoms with Crippen molar-refractivity contribution in [3.8, 4) is 0 Å². The number of aryl methyl sites for hydroxylation is 3. The summed E-state index contributed by atoms with van der Waals surface area (Å²) in [5.41, 5.74) is 1.32. The summed E-state index contributed by atoms with van der Waals surface area (Å²) in [5, 5.41) is 7.68. The number of fused-ring (bicyclic) bond motifs is 1. The molecule has 10 heteroatoms. The quantitative estimate of drug-likeness (QED) is 0.657. The van der Waals surface area contributed by atoms with E-state index in [0.717, 1.165) is 5.56 Å². The van der Waals surface area contributed by atoms with Gasteiger partial charge in [-0.3, -0.25) is 0 Å². The van der Waals surface area contributed by atoms with Crippen LogP contribution in [0, 0.1) is 13.8 Å². The molecule has 122 valence electrons. The lowest BCUT2D eigenvalue weighted by Crippen LogP contribution is -2.26. The van der Waals surface area contributed by atoms with E-state index >= 15 is 0 Å². The van der Waals surface area contributed by atoms with Crippen LogP contribution < -0.4 is 4.72 Å². The maximum Gasteiger partial charge on any atom is 0.252 e. The minimum Gasteiger partial charge on any atom is -0.360 e. The minimum absolute atomic E-state index is 0.114. The first-order chi connectivity index (χ1) is 11.0. The molecule has 0 radical (unpaired) electrons. The first-order valence-electron chi connectivity index (χ1n) is 7.04. The molecule has 0 aliphatic rings. The molecule has 0 aromatic carbocycles. The number of sulfonamides is 1. The number of hydrogen-bond donors (Lipinski definition) is 1. The Kier molecular flexibility index (Phi) is 4.09. The van der Waals surface area contributed by atoms with Crippen molar-refractivity contribution in [2.75, 3.05) is 6.54 Å². The molecule has 23 heavy (non-hydrogen) atoms. The first-order valence-corrected chi connectivity index (χ1v) is 8.52. The standard InChI is InChI=1S/C13H16N6O3S/c1-9-12(10(2)22-18-9)23(20,21)17-5-3-4-11-6-14-13-15-8-16-19(13)7-11/h6-8,17H,3-5H2,1-2H3. The van der Waals surface area contributed by atoms with E-state index in [9.17, 15) is 8.42 Å². The van der Waals surface area contributed by atoms with Gasteiger partial charge in [0.15, 0.2) is 5.76 Å². The topological polar surface area (TPSA) is 115 Å². The van der Waals surface area contributed by atoms with Crippen molar-refractivity contribution >= 4 is 15.8 Å². The zero-order chi connectivity index (χ0) is 16.4. The maximum absolute atomic E-state index is 12.2. The van der Waals surface area contributed by atoms with Crippen LogP contribution in [-0.2, 0) is 16.4 Å². The van der Waals surface area contributed by atoms with E-state index in [1.165, 1.54) is 6.33 Å². The molecular formula is C13H16N6O3S. The van der Waals surface area contributed by atoms with Crippen LogP contribution in [0.2, 0.25) is 0 Å². The highest BCUT2D eigenvalue weighted by Gasteiger charge is 2.23. The predicted molar refractivity (Wildman–Crippen MR) is 80.3 cm³/mol. The Balaban J connectivity index is 1.59. The molecule has 0 amide bonds. The van der Waals surface area contributed by atoms with Crippen molar-refractivity contribution in [1.82, 2.24) is 29.5 Å². The fourth-order valence-corrected chi connectivity index (χ4v) is 3.72. The van der Waals surface area contributed by atoms with E-state index < -0.39 is 10.0 Å². The highest BCUT2D eigenvalue weighted by molar-refractivity contribution is 7.89. The van der Waals surface area contributed by atoms with Crippen LogP contribution in [0.3, 0.4) is 0 Å². The molecule has 3 aromatic rings. The molecule has 3 heterocycles. The fourth-order valence-electron chi connectivity index (χ4n) is 2.32. The van der Waals surface area contributed by atoms with Crippen molar-refractivity contribution in [2.24, 2.45) is 0 Å². The molecule has 0 unspecified atom stereocenters. The molecule has 0 atom stereocenters. The SMILES string of the molecule is Cc1noc(C)c1S(=O)(=O)NCCCc1cnc2ncnn2c1. The Bertz CT molecular complexity index is 911. The molecule has 0 spiro atoms. The smallest absolute Gasteiger partial charge is 0.252 e. The lowest BCUT2D eigenvalue weighted by Gasteiger charge is -2.06. The summed E-state index contributed by atoms with van der Waals surface area (Å²) in [4.78, 5) is 8.24. The molecule has 0 bridgehead atoms. The summed E-state index contributed by atoms with van der Waals surface area (Å²) < 4.78 is 33.5. The van der Waals surface area contributed by atoms with Crippen LogP contribution >= 0.6 is 0 Å². The average molecular weight is 336 g/mol. The van der Waals surface area contributed by atoms with Crippen LogP contribution in [0.1, 0.15) is 23.4 Å². The van der Waals surface area contributed by atoms with Gasteiger partial charge in [-0.25, -0.2) is 22.6 Å². The van der Waals surface area contributed by atoms with Gasteiger partial charge >= 0.3 is 0 Å². The van der Waals surface area contributed by atoms with Crippen molar-refractivity contribution in [2.45, 2.75) is 31.6 Å². The number of nitrogens with zero attached hydrogens (tertiary/aromatic N) is 5. The van der Waals surface area contributed by atoms with Crippen LogP contribution in [0.25, 0.3) is 5.78 Å². The minimum atomic E-state index is -3.61. The fraction of sp³-hybridized carbons (Fsp3) is 0.385. The van der Waals surface area contributed by atoms with E-state index in [-0.39, 0.29) is 10.7 Å². The largest absolute Gasteiger partial charge is 0.360 e. The van der Waals surface area contributed by atoms with Gasteiger partial charge in [0.1, 0.15) is 16.9 Å². The summed E-state index contributed by atoms with van der Waals surface area (Å²) in [7, 11) is -3.61. The van der Waals surface area contributed by atoms with Crippen molar-refractivity contribution in [1.29, 1.82) is 0 Å². The summed E-state index contributed by atoms with van der Waals surface area (Å²) in [6.45, 7) is 3.49.